The number of halogens is 2. The van der Waals surface area contributed by atoms with Crippen molar-refractivity contribution >= 4 is 32.5 Å². The van der Waals surface area contributed by atoms with Crippen molar-refractivity contribution in [3.05, 3.63) is 0 Å². The molecule has 1 aliphatic heterocycles. The molecule has 0 aromatic carbocycles. The highest BCUT2D eigenvalue weighted by molar-refractivity contribution is 14.1. The highest BCUT2D eigenvalue weighted by Gasteiger charge is 2.38. The quantitative estimate of drug-likeness (QED) is 0.445. The molecule has 1 saturated heterocycles. The lowest BCUT2D eigenvalue weighted by molar-refractivity contribution is -0.141. The van der Waals surface area contributed by atoms with Crippen molar-refractivity contribution < 1.29 is 19.1 Å². The van der Waals surface area contributed by atoms with E-state index in [9.17, 15) is 14.0 Å². The summed E-state index contributed by atoms with van der Waals surface area (Å²) in [7, 11) is 0. The molecule has 4 nitrogen and oxygen atoms in total. The number of hydrogen-bond acceptors (Lipinski definition) is 2. The van der Waals surface area contributed by atoms with Crippen LogP contribution in [0.4, 0.5) is 9.18 Å². The van der Waals surface area contributed by atoms with Gasteiger partial charge in [0.1, 0.15) is 12.2 Å². The van der Waals surface area contributed by atoms with E-state index in [4.69, 9.17) is 5.11 Å². The highest BCUT2D eigenvalue weighted by atomic mass is 127. The van der Waals surface area contributed by atoms with Crippen molar-refractivity contribution in [1.29, 1.82) is 0 Å². The van der Waals surface area contributed by atoms with E-state index in [1.165, 1.54) is 22.6 Å². The van der Waals surface area contributed by atoms with Gasteiger partial charge in [-0.2, -0.15) is 0 Å². The summed E-state index contributed by atoms with van der Waals surface area (Å²) in [5.41, 5.74) is 0. The normalized spacial score (nSPS) is 29.0. The first-order valence-electron chi connectivity index (χ1n) is 3.35. The molecule has 68 valence electrons. The molecule has 1 N–H and O–H groups in total. The van der Waals surface area contributed by atoms with E-state index < -0.39 is 22.1 Å². The molecule has 1 amide bonds. The predicted molar refractivity (Wildman–Crippen MR) is 47.1 cm³/mol. The SMILES string of the molecule is O=C(O)[C@H]1C[C@H](F)CN1C(=O)I. The molecule has 0 aromatic heterocycles. The first-order chi connectivity index (χ1) is 5.52. The first kappa shape index (κ1) is 9.69. The van der Waals surface area contributed by atoms with Crippen LogP contribution in [-0.4, -0.2) is 38.6 Å². The molecule has 2 atom stereocenters. The zero-order chi connectivity index (χ0) is 9.30. The number of aliphatic carboxylic acids is 1. The van der Waals surface area contributed by atoms with Gasteiger partial charge in [-0.15, -0.1) is 0 Å². The zero-order valence-electron chi connectivity index (χ0n) is 6.04. The Balaban J connectivity index is 2.72. The lowest BCUT2D eigenvalue weighted by atomic mass is 10.2. The molecular formula is C6H7FINO3. The van der Waals surface area contributed by atoms with Crippen molar-refractivity contribution in [3.63, 3.8) is 0 Å². The Bertz CT molecular complexity index is 201. The van der Waals surface area contributed by atoms with E-state index in [1.54, 1.807) is 0 Å². The molecule has 0 radical (unpaired) electrons. The van der Waals surface area contributed by atoms with Crippen molar-refractivity contribution in [3.8, 4) is 0 Å². The average Bonchev–Trinajstić information content (AvgIpc) is 2.31. The van der Waals surface area contributed by atoms with Crippen LogP contribution in [0, 0.1) is 0 Å². The van der Waals surface area contributed by atoms with Gasteiger partial charge >= 0.3 is 5.97 Å². The third-order valence-electron chi connectivity index (χ3n) is 1.76. The fourth-order valence-electron chi connectivity index (χ4n) is 1.21. The van der Waals surface area contributed by atoms with Crippen LogP contribution in [0.3, 0.4) is 0 Å². The van der Waals surface area contributed by atoms with E-state index in [2.05, 4.69) is 0 Å². The number of amides is 1. The fourth-order valence-corrected chi connectivity index (χ4v) is 1.75. The predicted octanol–water partition coefficient (Wildman–Crippen LogP) is 1.04. The van der Waals surface area contributed by atoms with Crippen LogP contribution in [0.25, 0.3) is 0 Å². The molecule has 6 heteroatoms. The van der Waals surface area contributed by atoms with Crippen LogP contribution in [0.1, 0.15) is 6.42 Å². The summed E-state index contributed by atoms with van der Waals surface area (Å²) in [6, 6.07) is -0.982. The Morgan fingerprint density at radius 3 is 2.50 bits per heavy atom. The standard InChI is InChI=1S/C6H7FINO3/c7-3-1-4(5(10)11)9(2-3)6(8)12/h3-4H,1-2H2,(H,10,11)/t3-,4+/m0/s1. The van der Waals surface area contributed by atoms with Crippen LogP contribution in [0.5, 0.6) is 0 Å². The molecule has 0 aromatic rings. The lowest BCUT2D eigenvalue weighted by Crippen LogP contribution is -2.37. The molecule has 12 heavy (non-hydrogen) atoms. The van der Waals surface area contributed by atoms with Crippen molar-refractivity contribution in [2.75, 3.05) is 6.54 Å². The van der Waals surface area contributed by atoms with Gasteiger partial charge in [-0.05, 0) is 0 Å². The molecule has 1 rings (SSSR count). The second-order valence-electron chi connectivity index (χ2n) is 2.59. The highest BCUT2D eigenvalue weighted by Crippen LogP contribution is 2.22. The monoisotopic (exact) mass is 287 g/mol. The Hall–Kier alpha value is -0.400. The summed E-state index contributed by atoms with van der Waals surface area (Å²) >= 11 is 1.46. The Labute approximate surface area is 81.9 Å². The third kappa shape index (κ3) is 1.85. The molecule has 1 heterocycles. The van der Waals surface area contributed by atoms with E-state index in [-0.39, 0.29) is 13.0 Å². The fraction of sp³-hybridized carbons (Fsp3) is 0.667. The first-order valence-corrected chi connectivity index (χ1v) is 4.43. The minimum Gasteiger partial charge on any atom is -0.480 e. The van der Waals surface area contributed by atoms with Crippen molar-refractivity contribution in [1.82, 2.24) is 4.90 Å². The van der Waals surface area contributed by atoms with Gasteiger partial charge in [0.2, 0.25) is 0 Å². The third-order valence-corrected chi connectivity index (χ3v) is 2.38. The van der Waals surface area contributed by atoms with E-state index in [0.717, 1.165) is 4.90 Å². The summed E-state index contributed by atoms with van der Waals surface area (Å²) < 4.78 is 12.3. The van der Waals surface area contributed by atoms with Gasteiger partial charge in [0.15, 0.2) is 0 Å². The molecule has 0 saturated carbocycles. The van der Waals surface area contributed by atoms with Gasteiger partial charge in [-0.1, -0.05) is 0 Å². The number of carbonyl (C=O) groups excluding carboxylic acids is 1. The zero-order valence-corrected chi connectivity index (χ0v) is 8.19. The van der Waals surface area contributed by atoms with E-state index in [0.29, 0.717) is 0 Å². The second-order valence-corrected chi connectivity index (χ2v) is 3.52. The molecule has 0 unspecified atom stereocenters. The lowest BCUT2D eigenvalue weighted by Gasteiger charge is -2.17. The Morgan fingerprint density at radius 1 is 1.58 bits per heavy atom. The number of hydrogen-bond donors (Lipinski definition) is 1. The van der Waals surface area contributed by atoms with Crippen LogP contribution in [0.2, 0.25) is 0 Å². The van der Waals surface area contributed by atoms with Crippen molar-refractivity contribution in [2.24, 2.45) is 0 Å². The Kier molecular flexibility index (Phi) is 2.86. The van der Waals surface area contributed by atoms with Crippen molar-refractivity contribution in [2.45, 2.75) is 18.6 Å². The number of nitrogens with zero attached hydrogens (tertiary/aromatic N) is 1. The molecule has 0 bridgehead atoms. The maximum atomic E-state index is 12.7. The minimum absolute atomic E-state index is 0.0932. The number of carboxylic acid groups (broad SMARTS) is 1. The topological polar surface area (TPSA) is 57.6 Å². The average molecular weight is 287 g/mol. The van der Waals surface area contributed by atoms with E-state index >= 15 is 0 Å². The summed E-state index contributed by atoms with van der Waals surface area (Å²) in [6.45, 7) is -0.0985. The summed E-state index contributed by atoms with van der Waals surface area (Å²) in [5, 5.41) is 8.59. The van der Waals surface area contributed by atoms with Gasteiger partial charge in [0, 0.05) is 29.0 Å². The number of carboxylic acids is 1. The molecule has 0 aliphatic carbocycles. The summed E-state index contributed by atoms with van der Waals surface area (Å²) in [5.74, 6) is -1.14. The number of rotatable bonds is 1. The summed E-state index contributed by atoms with van der Waals surface area (Å²) in [6.07, 6.45) is -1.30. The molecule has 1 aliphatic rings. The van der Waals surface area contributed by atoms with Crippen LogP contribution in [-0.2, 0) is 4.79 Å². The molecule has 0 spiro atoms. The Morgan fingerprint density at radius 2 is 2.17 bits per heavy atom. The van der Waals surface area contributed by atoms with Gasteiger partial charge in [0.05, 0.1) is 6.54 Å². The molecule has 1 fully saturated rings. The minimum atomic E-state index is -1.20. The van der Waals surface area contributed by atoms with Gasteiger partial charge in [-0.3, -0.25) is 4.79 Å². The number of carbonyl (C=O) groups is 2. The van der Waals surface area contributed by atoms with E-state index in [1.807, 2.05) is 0 Å². The van der Waals surface area contributed by atoms with Gasteiger partial charge < -0.3 is 10.0 Å². The maximum absolute atomic E-state index is 12.7. The smallest absolute Gasteiger partial charge is 0.326 e. The number of alkyl halides is 1. The summed E-state index contributed by atoms with van der Waals surface area (Å²) in [4.78, 5) is 22.3. The largest absolute Gasteiger partial charge is 0.480 e. The van der Waals surface area contributed by atoms with Crippen LogP contribution < -0.4 is 0 Å². The maximum Gasteiger partial charge on any atom is 0.326 e. The molecular weight excluding hydrogens is 280 g/mol. The van der Waals surface area contributed by atoms with Gasteiger partial charge in [-0.25, -0.2) is 9.18 Å². The number of likely N-dealkylation sites (tertiary alicyclic amines) is 1. The van der Waals surface area contributed by atoms with Crippen LogP contribution in [0.15, 0.2) is 0 Å². The van der Waals surface area contributed by atoms with Crippen LogP contribution >= 0.6 is 22.6 Å². The van der Waals surface area contributed by atoms with Gasteiger partial charge in [0.25, 0.3) is 3.91 Å². The second kappa shape index (κ2) is 3.55.